The highest BCUT2D eigenvalue weighted by molar-refractivity contribution is 7.80. The highest BCUT2D eigenvalue weighted by Gasteiger charge is 2.30. The Morgan fingerprint density at radius 3 is 2.00 bits per heavy atom. The summed E-state index contributed by atoms with van der Waals surface area (Å²) < 4.78 is 38.2. The smallest absolute Gasteiger partial charge is 0.357 e. The van der Waals surface area contributed by atoms with Crippen LogP contribution in [0.4, 0.5) is 13.2 Å². The molecule has 0 bridgehead atoms. The van der Waals surface area contributed by atoms with E-state index in [-0.39, 0.29) is 12.1 Å². The van der Waals surface area contributed by atoms with Gasteiger partial charge in [0.15, 0.2) is 0 Å². The Balaban J connectivity index is 2.38. The number of halogens is 3. The molecule has 1 heterocycles. The molecule has 0 spiro atoms. The SMILES string of the molecule is CC(C)N(C(=S)c1ccsc1-c1ccc(C(F)(F)F)cc1)C(C)C. The van der Waals surface area contributed by atoms with E-state index in [1.54, 1.807) is 0 Å². The molecule has 0 saturated carbocycles. The fourth-order valence-electron chi connectivity index (χ4n) is 2.72. The molecule has 0 saturated heterocycles. The molecule has 0 unspecified atom stereocenters. The quantitative estimate of drug-likeness (QED) is 0.586. The van der Waals surface area contributed by atoms with Gasteiger partial charge in [0.05, 0.1) is 5.56 Å². The van der Waals surface area contributed by atoms with E-state index in [1.807, 2.05) is 11.4 Å². The Kier molecular flexibility index (Phi) is 5.71. The first-order chi connectivity index (χ1) is 11.1. The first-order valence-electron chi connectivity index (χ1n) is 7.70. The normalized spacial score (nSPS) is 12.0. The van der Waals surface area contributed by atoms with E-state index in [2.05, 4.69) is 32.6 Å². The van der Waals surface area contributed by atoms with Crippen LogP contribution in [0.5, 0.6) is 0 Å². The monoisotopic (exact) mass is 371 g/mol. The molecule has 6 heteroatoms. The molecule has 2 aromatic rings. The van der Waals surface area contributed by atoms with Crippen LogP contribution in [0.1, 0.15) is 38.8 Å². The van der Waals surface area contributed by atoms with E-state index in [1.165, 1.54) is 23.5 Å². The second-order valence-electron chi connectivity index (χ2n) is 6.14. The van der Waals surface area contributed by atoms with Crippen molar-refractivity contribution >= 4 is 28.5 Å². The average Bonchev–Trinajstić information content (AvgIpc) is 2.95. The van der Waals surface area contributed by atoms with Gasteiger partial charge in [0.2, 0.25) is 0 Å². The van der Waals surface area contributed by atoms with Crippen LogP contribution in [0.25, 0.3) is 10.4 Å². The van der Waals surface area contributed by atoms with E-state index in [4.69, 9.17) is 12.2 Å². The van der Waals surface area contributed by atoms with Gasteiger partial charge >= 0.3 is 6.18 Å². The summed E-state index contributed by atoms with van der Waals surface area (Å²) in [6, 6.07) is 7.69. The molecule has 0 radical (unpaired) electrons. The van der Waals surface area contributed by atoms with Crippen LogP contribution < -0.4 is 0 Å². The fourth-order valence-corrected chi connectivity index (χ4v) is 4.28. The molecule has 1 aromatic carbocycles. The van der Waals surface area contributed by atoms with E-state index in [9.17, 15) is 13.2 Å². The third-order valence-electron chi connectivity index (χ3n) is 3.72. The predicted octanol–water partition coefficient (Wildman–Crippen LogP) is 6.23. The van der Waals surface area contributed by atoms with Gasteiger partial charge in [-0.15, -0.1) is 11.3 Å². The Labute approximate surface area is 150 Å². The number of alkyl halides is 3. The lowest BCUT2D eigenvalue weighted by molar-refractivity contribution is -0.137. The van der Waals surface area contributed by atoms with Crippen molar-refractivity contribution < 1.29 is 13.2 Å². The first-order valence-corrected chi connectivity index (χ1v) is 8.99. The van der Waals surface area contributed by atoms with Crippen molar-refractivity contribution in [1.29, 1.82) is 0 Å². The van der Waals surface area contributed by atoms with Gasteiger partial charge in [-0.2, -0.15) is 13.2 Å². The van der Waals surface area contributed by atoms with Gasteiger partial charge in [-0.1, -0.05) is 24.4 Å². The lowest BCUT2D eigenvalue weighted by Gasteiger charge is -2.33. The van der Waals surface area contributed by atoms with Crippen molar-refractivity contribution in [2.45, 2.75) is 46.0 Å². The number of benzene rings is 1. The van der Waals surface area contributed by atoms with E-state index < -0.39 is 11.7 Å². The van der Waals surface area contributed by atoms with Gasteiger partial charge in [-0.3, -0.25) is 0 Å². The standard InChI is InChI=1S/C18H20F3NS2/c1-11(2)22(12(3)4)17(23)15-9-10-24-16(15)13-5-7-14(8-6-13)18(19,20)21/h5-12H,1-4H3. The molecule has 2 rings (SSSR count). The fraction of sp³-hybridized carbons (Fsp3) is 0.389. The summed E-state index contributed by atoms with van der Waals surface area (Å²) in [6.45, 7) is 8.32. The topological polar surface area (TPSA) is 3.24 Å². The molecule has 0 aliphatic rings. The predicted molar refractivity (Wildman–Crippen MR) is 98.6 cm³/mol. The minimum Gasteiger partial charge on any atom is -0.357 e. The molecule has 0 atom stereocenters. The molecule has 24 heavy (non-hydrogen) atoms. The Bertz CT molecular complexity index is 692. The van der Waals surface area contributed by atoms with Crippen LogP contribution in [0.3, 0.4) is 0 Å². The summed E-state index contributed by atoms with van der Waals surface area (Å²) >= 11 is 7.16. The van der Waals surface area contributed by atoms with Gasteiger partial charge in [0, 0.05) is 22.5 Å². The third kappa shape index (κ3) is 3.98. The summed E-state index contributed by atoms with van der Waals surface area (Å²) in [5.74, 6) is 0. The maximum absolute atomic E-state index is 12.7. The number of hydrogen-bond acceptors (Lipinski definition) is 2. The van der Waals surface area contributed by atoms with Crippen LogP contribution in [0.2, 0.25) is 0 Å². The van der Waals surface area contributed by atoms with Gasteiger partial charge in [0.1, 0.15) is 4.99 Å². The van der Waals surface area contributed by atoms with E-state index in [0.29, 0.717) is 0 Å². The number of hydrogen-bond donors (Lipinski definition) is 0. The van der Waals surface area contributed by atoms with Crippen LogP contribution in [0.15, 0.2) is 35.7 Å². The second kappa shape index (κ2) is 7.23. The van der Waals surface area contributed by atoms with Crippen molar-refractivity contribution in [3.63, 3.8) is 0 Å². The van der Waals surface area contributed by atoms with E-state index in [0.717, 1.165) is 33.1 Å². The van der Waals surface area contributed by atoms with Crippen LogP contribution >= 0.6 is 23.6 Å². The summed E-state index contributed by atoms with van der Waals surface area (Å²) in [5, 5.41) is 1.92. The zero-order valence-electron chi connectivity index (χ0n) is 14.0. The van der Waals surface area contributed by atoms with Gasteiger partial charge in [-0.05, 0) is 56.8 Å². The highest BCUT2D eigenvalue weighted by Crippen LogP contribution is 2.35. The molecule has 1 aromatic heterocycles. The lowest BCUT2D eigenvalue weighted by Crippen LogP contribution is -2.41. The highest BCUT2D eigenvalue weighted by atomic mass is 32.1. The minimum absolute atomic E-state index is 0.248. The minimum atomic E-state index is -4.32. The summed E-state index contributed by atoms with van der Waals surface area (Å²) in [4.78, 5) is 3.78. The maximum atomic E-state index is 12.7. The molecule has 1 nitrogen and oxygen atoms in total. The second-order valence-corrected chi connectivity index (χ2v) is 7.44. The molecular weight excluding hydrogens is 351 g/mol. The van der Waals surface area contributed by atoms with Crippen molar-refractivity contribution in [3.05, 3.63) is 46.8 Å². The number of nitrogens with zero attached hydrogens (tertiary/aromatic N) is 1. The Morgan fingerprint density at radius 2 is 1.54 bits per heavy atom. The zero-order valence-corrected chi connectivity index (χ0v) is 15.6. The van der Waals surface area contributed by atoms with Crippen LogP contribution in [0, 0.1) is 0 Å². The zero-order chi connectivity index (χ0) is 18.1. The molecular formula is C18H20F3NS2. The number of rotatable bonds is 4. The van der Waals surface area contributed by atoms with Gasteiger partial charge in [0.25, 0.3) is 0 Å². The van der Waals surface area contributed by atoms with Crippen LogP contribution in [-0.2, 0) is 6.18 Å². The summed E-state index contributed by atoms with van der Waals surface area (Å²) in [7, 11) is 0. The molecule has 0 N–H and O–H groups in total. The van der Waals surface area contributed by atoms with Gasteiger partial charge < -0.3 is 4.90 Å². The molecule has 0 fully saturated rings. The van der Waals surface area contributed by atoms with Crippen molar-refractivity contribution in [3.8, 4) is 10.4 Å². The molecule has 0 aliphatic heterocycles. The van der Waals surface area contributed by atoms with Crippen LogP contribution in [-0.4, -0.2) is 22.0 Å². The molecule has 130 valence electrons. The summed E-state index contributed by atoms with van der Waals surface area (Å²) in [5.41, 5.74) is 1.01. The van der Waals surface area contributed by atoms with Gasteiger partial charge in [-0.25, -0.2) is 0 Å². The van der Waals surface area contributed by atoms with Crippen molar-refractivity contribution in [2.75, 3.05) is 0 Å². The Morgan fingerprint density at radius 1 is 1.00 bits per heavy atom. The Hall–Kier alpha value is -1.40. The summed E-state index contributed by atoms with van der Waals surface area (Å²) in [6.07, 6.45) is -4.32. The number of thiophene rings is 1. The number of thiocarbonyl (C=S) groups is 1. The molecule has 0 aliphatic carbocycles. The van der Waals surface area contributed by atoms with E-state index >= 15 is 0 Å². The van der Waals surface area contributed by atoms with Crippen molar-refractivity contribution in [1.82, 2.24) is 4.90 Å². The average molecular weight is 371 g/mol. The molecule has 0 amide bonds. The first kappa shape index (κ1) is 18.9. The largest absolute Gasteiger partial charge is 0.416 e. The third-order valence-corrected chi connectivity index (χ3v) is 5.11. The maximum Gasteiger partial charge on any atom is 0.416 e. The van der Waals surface area contributed by atoms with Crippen molar-refractivity contribution in [2.24, 2.45) is 0 Å². The lowest BCUT2D eigenvalue weighted by atomic mass is 10.1.